The molecule has 6 heteroatoms. The quantitative estimate of drug-likeness (QED) is 0.411. The summed E-state index contributed by atoms with van der Waals surface area (Å²) >= 11 is 0. The molecule has 0 aliphatic rings. The third kappa shape index (κ3) is 1.27. The van der Waals surface area contributed by atoms with Crippen LogP contribution in [0.2, 0.25) is 0 Å². The molecule has 0 amide bonds. The summed E-state index contributed by atoms with van der Waals surface area (Å²) in [5, 5.41) is 11.4. The summed E-state index contributed by atoms with van der Waals surface area (Å²) in [7, 11) is 0. The summed E-state index contributed by atoms with van der Waals surface area (Å²) in [6.45, 7) is 1.76. The van der Waals surface area contributed by atoms with Gasteiger partial charge in [0.25, 0.3) is 0 Å². The molecular formula is C8H8N6. The lowest BCUT2D eigenvalue weighted by molar-refractivity contribution is 0.506. The number of hydrogen-bond donors (Lipinski definition) is 0. The van der Waals surface area contributed by atoms with Crippen molar-refractivity contribution >= 4 is 11.0 Å². The van der Waals surface area contributed by atoms with Crippen molar-refractivity contribution in [1.82, 2.24) is 15.0 Å². The Kier molecular flexibility index (Phi) is 2.04. The summed E-state index contributed by atoms with van der Waals surface area (Å²) < 4.78 is 1.59. The van der Waals surface area contributed by atoms with Crippen molar-refractivity contribution in [2.45, 2.75) is 13.1 Å². The first-order chi connectivity index (χ1) is 6.83. The van der Waals surface area contributed by atoms with Gasteiger partial charge in [0.2, 0.25) is 0 Å². The minimum absolute atomic E-state index is 0.354. The molecule has 70 valence electrons. The van der Waals surface area contributed by atoms with Crippen molar-refractivity contribution in [1.29, 1.82) is 0 Å². The second-order valence-corrected chi connectivity index (χ2v) is 2.86. The van der Waals surface area contributed by atoms with Crippen LogP contribution in [0, 0.1) is 0 Å². The van der Waals surface area contributed by atoms with E-state index in [-0.39, 0.29) is 6.17 Å². The lowest BCUT2D eigenvalue weighted by Gasteiger charge is -2.03. The highest BCUT2D eigenvalue weighted by molar-refractivity contribution is 5.73. The van der Waals surface area contributed by atoms with Gasteiger partial charge in [-0.3, -0.25) is 0 Å². The lowest BCUT2D eigenvalue weighted by Crippen LogP contribution is -2.03. The van der Waals surface area contributed by atoms with Crippen LogP contribution in [0.15, 0.2) is 29.4 Å². The zero-order chi connectivity index (χ0) is 9.97. The number of para-hydroxylation sites is 1. The van der Waals surface area contributed by atoms with Crippen LogP contribution in [0.4, 0.5) is 0 Å². The molecule has 14 heavy (non-hydrogen) atoms. The molecule has 0 aliphatic carbocycles. The number of azide groups is 1. The van der Waals surface area contributed by atoms with Crippen LogP contribution in [0.1, 0.15) is 13.1 Å². The van der Waals surface area contributed by atoms with Gasteiger partial charge in [0.05, 0.1) is 5.52 Å². The minimum atomic E-state index is -0.354. The van der Waals surface area contributed by atoms with Gasteiger partial charge in [-0.2, -0.15) is 0 Å². The monoisotopic (exact) mass is 188 g/mol. The van der Waals surface area contributed by atoms with Crippen molar-refractivity contribution in [3.05, 3.63) is 34.7 Å². The third-order valence-corrected chi connectivity index (χ3v) is 1.95. The van der Waals surface area contributed by atoms with E-state index in [1.165, 1.54) is 0 Å². The normalized spacial score (nSPS) is 12.4. The number of aromatic nitrogens is 3. The first kappa shape index (κ1) is 8.52. The SMILES string of the molecule is CC(N=[N+]=[N-])n1nnc2ccccc21. The van der Waals surface area contributed by atoms with E-state index in [0.717, 1.165) is 11.0 Å². The van der Waals surface area contributed by atoms with Crippen molar-refractivity contribution < 1.29 is 0 Å². The van der Waals surface area contributed by atoms with Crippen LogP contribution in [0.25, 0.3) is 21.5 Å². The van der Waals surface area contributed by atoms with E-state index in [2.05, 4.69) is 20.3 Å². The van der Waals surface area contributed by atoms with Crippen LogP contribution < -0.4 is 0 Å². The highest BCUT2D eigenvalue weighted by Crippen LogP contribution is 2.15. The molecule has 1 heterocycles. The summed E-state index contributed by atoms with van der Waals surface area (Å²) in [4.78, 5) is 2.73. The van der Waals surface area contributed by atoms with Gasteiger partial charge in [-0.15, -0.1) is 5.10 Å². The Bertz CT molecular complexity index is 495. The third-order valence-electron chi connectivity index (χ3n) is 1.95. The van der Waals surface area contributed by atoms with Gasteiger partial charge in [0.1, 0.15) is 11.7 Å². The van der Waals surface area contributed by atoms with Crippen molar-refractivity contribution in [2.75, 3.05) is 0 Å². The van der Waals surface area contributed by atoms with Gasteiger partial charge in [0.15, 0.2) is 0 Å². The number of nitrogens with zero attached hydrogens (tertiary/aromatic N) is 6. The molecule has 0 bridgehead atoms. The molecule has 1 aromatic heterocycles. The highest BCUT2D eigenvalue weighted by atomic mass is 15.5. The molecule has 2 aromatic rings. The molecule has 1 atom stereocenters. The van der Waals surface area contributed by atoms with E-state index in [1.54, 1.807) is 11.6 Å². The summed E-state index contributed by atoms with van der Waals surface area (Å²) in [5.41, 5.74) is 9.97. The molecule has 1 aromatic carbocycles. The number of fused-ring (bicyclic) bond motifs is 1. The molecule has 0 saturated carbocycles. The molecule has 0 spiro atoms. The van der Waals surface area contributed by atoms with Crippen molar-refractivity contribution in [3.63, 3.8) is 0 Å². The molecule has 0 N–H and O–H groups in total. The predicted molar refractivity (Wildman–Crippen MR) is 51.4 cm³/mol. The molecule has 0 aliphatic heterocycles. The lowest BCUT2D eigenvalue weighted by atomic mass is 10.3. The summed E-state index contributed by atoms with van der Waals surface area (Å²) in [6.07, 6.45) is -0.354. The second-order valence-electron chi connectivity index (χ2n) is 2.86. The van der Waals surface area contributed by atoms with Gasteiger partial charge < -0.3 is 0 Å². The Morgan fingerprint density at radius 1 is 1.50 bits per heavy atom. The smallest absolute Gasteiger partial charge is 0.130 e. The van der Waals surface area contributed by atoms with E-state index in [9.17, 15) is 0 Å². The fraction of sp³-hybridized carbons (Fsp3) is 0.250. The maximum atomic E-state index is 8.30. The molecular weight excluding hydrogens is 180 g/mol. The zero-order valence-corrected chi connectivity index (χ0v) is 7.57. The summed E-state index contributed by atoms with van der Waals surface area (Å²) in [5.74, 6) is 0. The number of benzene rings is 1. The Balaban J connectivity index is 2.57. The standard InChI is InChI=1S/C8H8N6/c1-6(10-12-9)14-8-5-3-2-4-7(8)11-13-14/h2-6H,1H3. The molecule has 0 fully saturated rings. The minimum Gasteiger partial charge on any atom is -0.236 e. The van der Waals surface area contributed by atoms with E-state index in [1.807, 2.05) is 24.3 Å². The Labute approximate surface area is 79.8 Å². The first-order valence-electron chi connectivity index (χ1n) is 4.17. The second kappa shape index (κ2) is 3.35. The Morgan fingerprint density at radius 3 is 3.07 bits per heavy atom. The van der Waals surface area contributed by atoms with Gasteiger partial charge in [-0.05, 0) is 24.6 Å². The van der Waals surface area contributed by atoms with Gasteiger partial charge in [-0.1, -0.05) is 22.5 Å². The van der Waals surface area contributed by atoms with Gasteiger partial charge in [0, 0.05) is 4.91 Å². The maximum Gasteiger partial charge on any atom is 0.130 e. The topological polar surface area (TPSA) is 79.5 Å². The first-order valence-corrected chi connectivity index (χ1v) is 4.17. The van der Waals surface area contributed by atoms with Crippen molar-refractivity contribution in [3.8, 4) is 0 Å². The van der Waals surface area contributed by atoms with Gasteiger partial charge >= 0.3 is 0 Å². The fourth-order valence-corrected chi connectivity index (χ4v) is 1.29. The average Bonchev–Trinajstić information content (AvgIpc) is 2.61. The summed E-state index contributed by atoms with van der Waals surface area (Å²) in [6, 6.07) is 7.53. The van der Waals surface area contributed by atoms with Crippen LogP contribution >= 0.6 is 0 Å². The molecule has 2 rings (SSSR count). The molecule has 6 nitrogen and oxygen atoms in total. The van der Waals surface area contributed by atoms with Crippen LogP contribution in [0.3, 0.4) is 0 Å². The molecule has 0 radical (unpaired) electrons. The van der Waals surface area contributed by atoms with Crippen LogP contribution in [-0.2, 0) is 0 Å². The van der Waals surface area contributed by atoms with Crippen LogP contribution in [0.5, 0.6) is 0 Å². The highest BCUT2D eigenvalue weighted by Gasteiger charge is 2.07. The molecule has 0 saturated heterocycles. The van der Waals surface area contributed by atoms with Crippen molar-refractivity contribution in [2.24, 2.45) is 5.11 Å². The van der Waals surface area contributed by atoms with Crippen LogP contribution in [-0.4, -0.2) is 15.0 Å². The number of hydrogen-bond acceptors (Lipinski definition) is 3. The molecule has 1 unspecified atom stereocenters. The zero-order valence-electron chi connectivity index (χ0n) is 7.57. The van der Waals surface area contributed by atoms with E-state index < -0.39 is 0 Å². The Morgan fingerprint density at radius 2 is 2.29 bits per heavy atom. The van der Waals surface area contributed by atoms with E-state index >= 15 is 0 Å². The van der Waals surface area contributed by atoms with Gasteiger partial charge in [-0.25, -0.2) is 4.68 Å². The Hall–Kier alpha value is -2.07. The maximum absolute atomic E-state index is 8.30. The largest absolute Gasteiger partial charge is 0.236 e. The average molecular weight is 188 g/mol. The van der Waals surface area contributed by atoms with E-state index in [0.29, 0.717) is 0 Å². The van der Waals surface area contributed by atoms with E-state index in [4.69, 9.17) is 5.53 Å². The fourth-order valence-electron chi connectivity index (χ4n) is 1.29. The number of rotatable bonds is 2. The predicted octanol–water partition coefficient (Wildman–Crippen LogP) is 2.26.